The van der Waals surface area contributed by atoms with E-state index < -0.39 is 29.6 Å². The zero-order chi connectivity index (χ0) is 16.2. The van der Waals surface area contributed by atoms with Crippen molar-refractivity contribution in [3.05, 3.63) is 29.3 Å². The summed E-state index contributed by atoms with van der Waals surface area (Å²) in [4.78, 5) is 24.0. The lowest BCUT2D eigenvalue weighted by molar-refractivity contribution is -0.141. The molecule has 2 N–H and O–H groups in total. The first-order valence-corrected chi connectivity index (χ1v) is 6.50. The summed E-state index contributed by atoms with van der Waals surface area (Å²) in [7, 11) is 0. The molecule has 21 heavy (non-hydrogen) atoms. The Morgan fingerprint density at radius 2 is 1.95 bits per heavy atom. The smallest absolute Gasteiger partial charge is 0.321 e. The predicted octanol–water partition coefficient (Wildman–Crippen LogP) is 2.85. The van der Waals surface area contributed by atoms with Gasteiger partial charge in [0.25, 0.3) is 0 Å². The number of carboxylic acid groups (broad SMARTS) is 1. The first kappa shape index (κ1) is 16.9. The number of nitrogens with zero attached hydrogens (tertiary/aromatic N) is 1. The van der Waals surface area contributed by atoms with Crippen molar-refractivity contribution in [3.8, 4) is 0 Å². The fourth-order valence-corrected chi connectivity index (χ4v) is 1.70. The summed E-state index contributed by atoms with van der Waals surface area (Å²) in [5.74, 6) is -3.16. The van der Waals surface area contributed by atoms with E-state index in [2.05, 4.69) is 5.32 Å². The van der Waals surface area contributed by atoms with Crippen molar-refractivity contribution in [1.82, 2.24) is 4.90 Å². The molecule has 0 heterocycles. The first-order valence-electron chi connectivity index (χ1n) is 6.50. The van der Waals surface area contributed by atoms with Crippen LogP contribution in [0, 0.1) is 24.5 Å². The van der Waals surface area contributed by atoms with Crippen LogP contribution in [0.1, 0.15) is 19.4 Å². The Labute approximate surface area is 121 Å². The predicted molar refractivity (Wildman–Crippen MR) is 74.2 cm³/mol. The van der Waals surface area contributed by atoms with Gasteiger partial charge in [-0.1, -0.05) is 6.92 Å². The molecule has 1 aromatic rings. The van der Waals surface area contributed by atoms with Crippen LogP contribution in [-0.4, -0.2) is 35.1 Å². The van der Waals surface area contributed by atoms with Crippen molar-refractivity contribution < 1.29 is 23.5 Å². The summed E-state index contributed by atoms with van der Waals surface area (Å²) in [6.45, 7) is 4.77. The lowest BCUT2D eigenvalue weighted by atomic mass is 10.2. The molecule has 116 valence electrons. The highest BCUT2D eigenvalue weighted by Gasteiger charge is 2.20. The molecule has 0 aliphatic rings. The largest absolute Gasteiger partial charge is 0.481 e. The minimum absolute atomic E-state index is 0.0202. The van der Waals surface area contributed by atoms with Gasteiger partial charge in [-0.15, -0.1) is 0 Å². The van der Waals surface area contributed by atoms with E-state index in [0.717, 1.165) is 12.1 Å². The third-order valence-corrected chi connectivity index (χ3v) is 3.07. The molecule has 0 fully saturated rings. The average Bonchev–Trinajstić information content (AvgIpc) is 2.41. The van der Waals surface area contributed by atoms with Crippen LogP contribution in [-0.2, 0) is 4.79 Å². The van der Waals surface area contributed by atoms with Gasteiger partial charge in [-0.05, 0) is 25.5 Å². The summed E-state index contributed by atoms with van der Waals surface area (Å²) in [6, 6.07) is 1.21. The SMILES string of the molecule is CCN(CC(C)C(=O)O)C(=O)Nc1cc(F)c(C)cc1F. The third-order valence-electron chi connectivity index (χ3n) is 3.07. The molecule has 0 bridgehead atoms. The van der Waals surface area contributed by atoms with Crippen LogP contribution in [0.5, 0.6) is 0 Å². The standard InChI is InChI=1S/C14H18F2N2O3/c1-4-18(7-9(3)13(19)20)14(21)17-12-6-10(15)8(2)5-11(12)16/h5-6,9H,4,7H2,1-3H3,(H,17,21)(H,19,20). The zero-order valence-corrected chi connectivity index (χ0v) is 12.1. The molecule has 1 rings (SSSR count). The van der Waals surface area contributed by atoms with Gasteiger partial charge >= 0.3 is 12.0 Å². The number of carboxylic acids is 1. The highest BCUT2D eigenvalue weighted by Crippen LogP contribution is 2.19. The second-order valence-corrected chi connectivity index (χ2v) is 4.79. The Morgan fingerprint density at radius 3 is 2.48 bits per heavy atom. The first-order chi connectivity index (χ1) is 9.76. The van der Waals surface area contributed by atoms with Crippen molar-refractivity contribution >= 4 is 17.7 Å². The molecule has 0 aliphatic carbocycles. The van der Waals surface area contributed by atoms with Crippen LogP contribution >= 0.6 is 0 Å². The van der Waals surface area contributed by atoms with Crippen LogP contribution < -0.4 is 5.32 Å². The molecule has 0 aromatic heterocycles. The minimum atomic E-state index is -1.03. The molecule has 0 radical (unpaired) electrons. The summed E-state index contributed by atoms with van der Waals surface area (Å²) in [5, 5.41) is 11.1. The summed E-state index contributed by atoms with van der Waals surface area (Å²) >= 11 is 0. The Hall–Kier alpha value is -2.18. The molecule has 1 atom stereocenters. The summed E-state index contributed by atoms with van der Waals surface area (Å²) in [5.41, 5.74) is -0.137. The number of aryl methyl sites for hydroxylation is 1. The number of rotatable bonds is 5. The van der Waals surface area contributed by atoms with Crippen LogP contribution in [0.3, 0.4) is 0 Å². The van der Waals surface area contributed by atoms with Crippen LogP contribution in [0.2, 0.25) is 0 Å². The van der Waals surface area contributed by atoms with E-state index in [1.54, 1.807) is 6.92 Å². The van der Waals surface area contributed by atoms with E-state index >= 15 is 0 Å². The fourth-order valence-electron chi connectivity index (χ4n) is 1.70. The van der Waals surface area contributed by atoms with Gasteiger partial charge in [-0.25, -0.2) is 13.6 Å². The monoisotopic (exact) mass is 300 g/mol. The highest BCUT2D eigenvalue weighted by molar-refractivity contribution is 5.89. The molecule has 5 nitrogen and oxygen atoms in total. The van der Waals surface area contributed by atoms with Crippen molar-refractivity contribution in [2.75, 3.05) is 18.4 Å². The quantitative estimate of drug-likeness (QED) is 0.878. The Balaban J connectivity index is 2.83. The van der Waals surface area contributed by atoms with Crippen molar-refractivity contribution in [3.63, 3.8) is 0 Å². The lowest BCUT2D eigenvalue weighted by Crippen LogP contribution is -2.39. The van der Waals surface area contributed by atoms with Gasteiger partial charge in [-0.2, -0.15) is 0 Å². The van der Waals surface area contributed by atoms with Crippen molar-refractivity contribution in [2.24, 2.45) is 5.92 Å². The van der Waals surface area contributed by atoms with E-state index in [0.29, 0.717) is 0 Å². The Morgan fingerprint density at radius 1 is 1.33 bits per heavy atom. The molecular formula is C14H18F2N2O3. The number of benzene rings is 1. The Kier molecular flexibility index (Phi) is 5.63. The maximum atomic E-state index is 13.7. The number of halogens is 2. The Bertz CT molecular complexity index is 549. The normalized spacial score (nSPS) is 11.9. The van der Waals surface area contributed by atoms with E-state index in [1.807, 2.05) is 0 Å². The van der Waals surface area contributed by atoms with Gasteiger partial charge in [0.15, 0.2) is 0 Å². The van der Waals surface area contributed by atoms with Gasteiger partial charge < -0.3 is 15.3 Å². The molecular weight excluding hydrogens is 282 g/mol. The van der Waals surface area contributed by atoms with E-state index in [4.69, 9.17) is 5.11 Å². The van der Waals surface area contributed by atoms with Crippen molar-refractivity contribution in [1.29, 1.82) is 0 Å². The van der Waals surface area contributed by atoms with Crippen LogP contribution in [0.4, 0.5) is 19.3 Å². The van der Waals surface area contributed by atoms with Gasteiger partial charge in [-0.3, -0.25) is 4.79 Å². The minimum Gasteiger partial charge on any atom is -0.481 e. The van der Waals surface area contributed by atoms with Gasteiger partial charge in [0.05, 0.1) is 11.6 Å². The lowest BCUT2D eigenvalue weighted by Gasteiger charge is -2.23. The maximum Gasteiger partial charge on any atom is 0.321 e. The highest BCUT2D eigenvalue weighted by atomic mass is 19.1. The molecule has 2 amide bonds. The number of nitrogens with one attached hydrogen (secondary N) is 1. The molecule has 0 spiro atoms. The number of urea groups is 1. The summed E-state index contributed by atoms with van der Waals surface area (Å²) < 4.78 is 27.1. The maximum absolute atomic E-state index is 13.7. The molecule has 1 unspecified atom stereocenters. The average molecular weight is 300 g/mol. The number of carbonyl (C=O) groups is 2. The van der Waals surface area contributed by atoms with Gasteiger partial charge in [0, 0.05) is 19.2 Å². The van der Waals surface area contributed by atoms with E-state index in [1.165, 1.54) is 18.7 Å². The topological polar surface area (TPSA) is 69.6 Å². The molecule has 1 aromatic carbocycles. The number of amides is 2. The van der Waals surface area contributed by atoms with Crippen LogP contribution in [0.15, 0.2) is 12.1 Å². The van der Waals surface area contributed by atoms with E-state index in [-0.39, 0.29) is 24.3 Å². The molecule has 0 saturated carbocycles. The zero-order valence-electron chi connectivity index (χ0n) is 12.1. The van der Waals surface area contributed by atoms with Gasteiger partial charge in [0.1, 0.15) is 11.6 Å². The number of anilines is 1. The van der Waals surface area contributed by atoms with Gasteiger partial charge in [0.2, 0.25) is 0 Å². The number of aliphatic carboxylic acids is 1. The van der Waals surface area contributed by atoms with Crippen LogP contribution in [0.25, 0.3) is 0 Å². The number of carbonyl (C=O) groups excluding carboxylic acids is 1. The number of hydrogen-bond acceptors (Lipinski definition) is 2. The molecule has 0 aliphatic heterocycles. The summed E-state index contributed by atoms with van der Waals surface area (Å²) in [6.07, 6.45) is 0. The fraction of sp³-hybridized carbons (Fsp3) is 0.429. The molecule has 7 heteroatoms. The van der Waals surface area contributed by atoms with E-state index in [9.17, 15) is 18.4 Å². The second kappa shape index (κ2) is 7.01. The van der Waals surface area contributed by atoms with Crippen molar-refractivity contribution in [2.45, 2.75) is 20.8 Å². The number of hydrogen-bond donors (Lipinski definition) is 2. The third kappa shape index (κ3) is 4.40. The molecule has 0 saturated heterocycles. The second-order valence-electron chi connectivity index (χ2n) is 4.79.